The third kappa shape index (κ3) is 2.77. The van der Waals surface area contributed by atoms with Crippen molar-refractivity contribution in [2.45, 2.75) is 24.7 Å². The van der Waals surface area contributed by atoms with E-state index in [0.717, 1.165) is 32.7 Å². The molecule has 5 aromatic rings. The summed E-state index contributed by atoms with van der Waals surface area (Å²) in [4.78, 5) is 44.6. The van der Waals surface area contributed by atoms with Crippen molar-refractivity contribution in [2.24, 2.45) is 18.9 Å². The molecule has 2 fully saturated rings. The number of pyridine rings is 1. The summed E-state index contributed by atoms with van der Waals surface area (Å²) < 4.78 is 8.07. The van der Waals surface area contributed by atoms with Crippen LogP contribution in [0.15, 0.2) is 97.3 Å². The minimum atomic E-state index is -1.14. The lowest BCUT2D eigenvalue weighted by Gasteiger charge is -2.35. The van der Waals surface area contributed by atoms with E-state index in [-0.39, 0.29) is 17.6 Å². The summed E-state index contributed by atoms with van der Waals surface area (Å²) in [5, 5.41) is 4.04. The van der Waals surface area contributed by atoms with Crippen molar-refractivity contribution < 1.29 is 23.7 Å². The van der Waals surface area contributed by atoms with Crippen LogP contribution in [0, 0.1) is 11.8 Å². The zero-order valence-electron chi connectivity index (χ0n) is 22.9. The van der Waals surface area contributed by atoms with E-state index in [9.17, 15) is 14.4 Å². The van der Waals surface area contributed by atoms with Crippen LogP contribution in [0.4, 0.5) is 5.69 Å². The Balaban J connectivity index is 1.34. The van der Waals surface area contributed by atoms with Crippen LogP contribution in [0.3, 0.4) is 0 Å². The zero-order valence-corrected chi connectivity index (χ0v) is 22.9. The topological polar surface area (TPSA) is 67.6 Å². The summed E-state index contributed by atoms with van der Waals surface area (Å²) in [7, 11) is 1.90. The highest BCUT2D eigenvalue weighted by atomic mass is 16.5. The molecule has 1 aromatic heterocycles. The molecule has 4 aromatic carbocycles. The summed E-state index contributed by atoms with van der Waals surface area (Å²) >= 11 is 0. The van der Waals surface area contributed by atoms with Gasteiger partial charge in [0, 0.05) is 6.07 Å². The molecule has 0 N–H and O–H groups in total. The van der Waals surface area contributed by atoms with Crippen LogP contribution in [0.25, 0.3) is 21.5 Å². The van der Waals surface area contributed by atoms with E-state index in [4.69, 9.17) is 4.74 Å². The van der Waals surface area contributed by atoms with Gasteiger partial charge in [0.15, 0.2) is 23.5 Å². The molecule has 200 valence electrons. The van der Waals surface area contributed by atoms with Gasteiger partial charge in [-0.05, 0) is 64.7 Å². The Hall–Kier alpha value is -4.84. The Morgan fingerprint density at radius 3 is 1.76 bits per heavy atom. The summed E-state index contributed by atoms with van der Waals surface area (Å²) in [5.41, 5.74) is -0.0953. The van der Waals surface area contributed by atoms with Crippen molar-refractivity contribution in [3.05, 3.63) is 108 Å². The van der Waals surface area contributed by atoms with Crippen LogP contribution in [-0.2, 0) is 32.3 Å². The molecule has 8 rings (SSSR count). The molecule has 1 aliphatic heterocycles. The molecule has 6 heteroatoms. The van der Waals surface area contributed by atoms with Gasteiger partial charge in [0.2, 0.25) is 18.0 Å². The van der Waals surface area contributed by atoms with Gasteiger partial charge in [0.25, 0.3) is 0 Å². The Kier molecular flexibility index (Phi) is 4.61. The predicted molar refractivity (Wildman–Crippen MR) is 155 cm³/mol. The second-order valence-corrected chi connectivity index (χ2v) is 11.8. The van der Waals surface area contributed by atoms with E-state index in [1.165, 1.54) is 4.90 Å². The van der Waals surface area contributed by atoms with Crippen molar-refractivity contribution in [3.8, 4) is 11.5 Å². The van der Waals surface area contributed by atoms with Crippen LogP contribution in [0.1, 0.15) is 25.0 Å². The first-order valence-corrected chi connectivity index (χ1v) is 13.9. The number of rotatable bonds is 3. The number of imide groups is 1. The normalized spacial score (nSPS) is 26.2. The average molecular weight is 540 g/mol. The minimum Gasteiger partial charge on any atom is -0.449 e. The molecule has 41 heavy (non-hydrogen) atoms. The highest BCUT2D eigenvalue weighted by Gasteiger charge is 2.78. The maximum Gasteiger partial charge on any atom is 0.239 e. The summed E-state index contributed by atoms with van der Waals surface area (Å²) in [6.45, 7) is 3.76. The molecule has 1 saturated carbocycles. The van der Waals surface area contributed by atoms with Gasteiger partial charge in [-0.25, -0.2) is 9.47 Å². The van der Waals surface area contributed by atoms with Crippen molar-refractivity contribution in [1.82, 2.24) is 0 Å². The summed E-state index contributed by atoms with van der Waals surface area (Å²) in [6, 6.07) is 27.0. The van der Waals surface area contributed by atoms with Crippen LogP contribution >= 0.6 is 0 Å². The molecule has 3 aliphatic rings. The van der Waals surface area contributed by atoms with E-state index in [1.54, 1.807) is 18.2 Å². The number of amides is 2. The van der Waals surface area contributed by atoms with Crippen molar-refractivity contribution >= 4 is 44.8 Å². The number of para-hydroxylation sites is 2. The first-order valence-electron chi connectivity index (χ1n) is 13.9. The zero-order chi connectivity index (χ0) is 28.3. The highest BCUT2D eigenvalue weighted by molar-refractivity contribution is 6.32. The van der Waals surface area contributed by atoms with E-state index >= 15 is 0 Å². The molecule has 2 heterocycles. The molecule has 2 bridgehead atoms. The second kappa shape index (κ2) is 7.88. The van der Waals surface area contributed by atoms with Crippen LogP contribution in [0.2, 0.25) is 0 Å². The van der Waals surface area contributed by atoms with Crippen LogP contribution < -0.4 is 14.2 Å². The SMILES string of the molecule is C[n+]1cccc(Oc2ccccc2N2C(=O)C3C(C2=O)C2(C)C(=O)C3(C)c3c2c2ccccc2c2ccccc32)c1. The van der Waals surface area contributed by atoms with Gasteiger partial charge in [0.1, 0.15) is 7.05 Å². The third-order valence-electron chi connectivity index (χ3n) is 9.71. The Bertz CT molecular complexity index is 1920. The standard InChI is InChI=1S/C35H27N2O4/c1-34-27-23-14-6-4-12-21(23)22-13-5-7-15-24(22)28(27)35(2,33(34)40)30-29(34)31(38)37(32(30)39)25-16-8-9-17-26(25)41-20-11-10-18-36(3)19-20/h4-19,29-30H,1-3H3/q+1. The lowest BCUT2D eigenvalue weighted by Crippen LogP contribution is -2.42. The first kappa shape index (κ1) is 24.0. The number of nitrogens with zero attached hydrogens (tertiary/aromatic N) is 2. The number of hydrogen-bond donors (Lipinski definition) is 0. The second-order valence-electron chi connectivity index (χ2n) is 11.8. The maximum atomic E-state index is 14.5. The van der Waals surface area contributed by atoms with Gasteiger partial charge >= 0.3 is 0 Å². The highest BCUT2D eigenvalue weighted by Crippen LogP contribution is 2.69. The number of fused-ring (bicyclic) bond motifs is 13. The number of carbonyl (C=O) groups excluding carboxylic acids is 3. The predicted octanol–water partition coefficient (Wildman–Crippen LogP) is 5.53. The molecule has 4 atom stereocenters. The molecular weight excluding hydrogens is 512 g/mol. The van der Waals surface area contributed by atoms with Crippen LogP contribution in [0.5, 0.6) is 11.5 Å². The third-order valence-corrected chi connectivity index (χ3v) is 9.71. The van der Waals surface area contributed by atoms with E-state index in [1.807, 2.05) is 92.5 Å². The Labute approximate surface area is 236 Å². The molecule has 0 radical (unpaired) electrons. The smallest absolute Gasteiger partial charge is 0.239 e. The molecule has 2 aliphatic carbocycles. The molecule has 0 spiro atoms. The fraction of sp³-hybridized carbons (Fsp3) is 0.200. The quantitative estimate of drug-likeness (QED) is 0.172. The lowest BCUT2D eigenvalue weighted by molar-refractivity contribution is -0.671. The van der Waals surface area contributed by atoms with Gasteiger partial charge in [-0.15, -0.1) is 0 Å². The van der Waals surface area contributed by atoms with Gasteiger partial charge in [-0.2, -0.15) is 0 Å². The average Bonchev–Trinajstić information content (AvgIpc) is 3.43. The van der Waals surface area contributed by atoms with Gasteiger partial charge in [-0.1, -0.05) is 60.7 Å². The van der Waals surface area contributed by atoms with E-state index < -0.39 is 22.7 Å². The molecule has 2 amide bonds. The number of benzene rings is 4. The number of carbonyl (C=O) groups is 3. The Morgan fingerprint density at radius 1 is 0.683 bits per heavy atom. The van der Waals surface area contributed by atoms with Crippen LogP contribution in [-0.4, -0.2) is 17.6 Å². The number of ether oxygens (including phenoxy) is 1. The Morgan fingerprint density at radius 2 is 1.20 bits per heavy atom. The molecular formula is C35H27N2O4+. The fourth-order valence-corrected chi connectivity index (χ4v) is 8.13. The number of aromatic nitrogens is 1. The largest absolute Gasteiger partial charge is 0.449 e. The van der Waals surface area contributed by atoms with Gasteiger partial charge in [-0.3, -0.25) is 14.4 Å². The first-order chi connectivity index (χ1) is 19.8. The summed E-state index contributed by atoms with van der Waals surface area (Å²) in [6.07, 6.45) is 3.72. The van der Waals surface area contributed by atoms with E-state index in [0.29, 0.717) is 17.2 Å². The van der Waals surface area contributed by atoms with Crippen molar-refractivity contribution in [2.75, 3.05) is 4.90 Å². The number of hydrogen-bond acceptors (Lipinski definition) is 4. The summed E-state index contributed by atoms with van der Waals surface area (Å²) in [5.74, 6) is -1.35. The fourth-order valence-electron chi connectivity index (χ4n) is 8.13. The number of Topliss-reactive ketones (excluding diaryl/α,β-unsaturated/α-hetero) is 1. The van der Waals surface area contributed by atoms with Gasteiger partial charge in [0.05, 0.1) is 28.4 Å². The monoisotopic (exact) mass is 539 g/mol. The minimum absolute atomic E-state index is 0.0424. The van der Waals surface area contributed by atoms with E-state index in [2.05, 4.69) is 12.1 Å². The van der Waals surface area contributed by atoms with Gasteiger partial charge < -0.3 is 4.74 Å². The molecule has 6 nitrogen and oxygen atoms in total. The molecule has 1 saturated heterocycles. The number of ketones is 1. The maximum absolute atomic E-state index is 14.5. The number of anilines is 1. The van der Waals surface area contributed by atoms with Crippen molar-refractivity contribution in [3.63, 3.8) is 0 Å². The molecule has 4 unspecified atom stereocenters. The van der Waals surface area contributed by atoms with Crippen molar-refractivity contribution in [1.29, 1.82) is 0 Å². The number of aryl methyl sites for hydroxylation is 1. The lowest BCUT2D eigenvalue weighted by atomic mass is 9.63.